The topological polar surface area (TPSA) is 35.0 Å². The van der Waals surface area contributed by atoms with Crippen molar-refractivity contribution >= 4 is 22.6 Å². The monoisotopic (exact) mass is 292 g/mol. The van der Waals surface area contributed by atoms with Crippen molar-refractivity contribution in [1.29, 1.82) is 0 Å². The Morgan fingerprint density at radius 1 is 1.46 bits per heavy atom. The van der Waals surface area contributed by atoms with Crippen molar-refractivity contribution < 1.29 is 4.74 Å². The zero-order valence-corrected chi connectivity index (χ0v) is 9.98. The minimum absolute atomic E-state index is 0.199. The first-order chi connectivity index (χ1) is 6.22. The molecule has 1 aromatic rings. The molecule has 0 fully saturated rings. The predicted octanol–water partition coefficient (Wildman–Crippen LogP) is 2.65. The third-order valence-corrected chi connectivity index (χ3v) is 2.16. The van der Waals surface area contributed by atoms with Crippen LogP contribution in [0.5, 0.6) is 6.01 Å². The molecular weight excluding hydrogens is 279 g/mol. The van der Waals surface area contributed by atoms with Gasteiger partial charge >= 0.3 is 6.01 Å². The third kappa shape index (κ3) is 3.89. The Bertz CT molecular complexity index is 250. The highest BCUT2D eigenvalue weighted by Crippen LogP contribution is 2.08. The van der Waals surface area contributed by atoms with Crippen LogP contribution in [-0.2, 0) is 0 Å². The first-order valence-corrected chi connectivity index (χ1v) is 5.44. The Labute approximate surface area is 92.1 Å². The van der Waals surface area contributed by atoms with E-state index in [0.717, 1.165) is 16.4 Å². The normalized spacial score (nSPS) is 12.5. The summed E-state index contributed by atoms with van der Waals surface area (Å²) in [4.78, 5) is 8.12. The van der Waals surface area contributed by atoms with Crippen LogP contribution in [0, 0.1) is 3.57 Å². The van der Waals surface area contributed by atoms with Gasteiger partial charge in [0.2, 0.25) is 0 Å². The molecule has 0 bridgehead atoms. The lowest BCUT2D eigenvalue weighted by molar-refractivity contribution is 0.192. The molecule has 1 heterocycles. The second-order valence-electron chi connectivity index (χ2n) is 2.90. The summed E-state index contributed by atoms with van der Waals surface area (Å²) in [6.45, 7) is 4.17. The number of hydrogen-bond acceptors (Lipinski definition) is 3. The largest absolute Gasteiger partial charge is 0.460 e. The molecule has 3 nitrogen and oxygen atoms in total. The van der Waals surface area contributed by atoms with Gasteiger partial charge in [-0.1, -0.05) is 13.3 Å². The zero-order valence-electron chi connectivity index (χ0n) is 7.83. The van der Waals surface area contributed by atoms with E-state index in [-0.39, 0.29) is 6.10 Å². The lowest BCUT2D eigenvalue weighted by Crippen LogP contribution is -2.12. The van der Waals surface area contributed by atoms with Gasteiger partial charge in [-0.2, -0.15) is 0 Å². The number of hydrogen-bond donors (Lipinski definition) is 0. The molecule has 1 unspecified atom stereocenters. The van der Waals surface area contributed by atoms with Crippen LogP contribution >= 0.6 is 22.6 Å². The van der Waals surface area contributed by atoms with Gasteiger partial charge in [-0.05, 0) is 35.9 Å². The maximum Gasteiger partial charge on any atom is 0.316 e. The number of ether oxygens (including phenoxy) is 1. The fourth-order valence-electron chi connectivity index (χ4n) is 1.01. The highest BCUT2D eigenvalue weighted by atomic mass is 127. The molecular formula is C9H13IN2O. The Balaban J connectivity index is 2.49. The molecule has 0 aromatic carbocycles. The minimum Gasteiger partial charge on any atom is -0.460 e. The summed E-state index contributed by atoms with van der Waals surface area (Å²) in [5, 5.41) is 0. The Kier molecular flexibility index (Phi) is 4.41. The summed E-state index contributed by atoms with van der Waals surface area (Å²) in [6.07, 6.45) is 5.86. The Morgan fingerprint density at radius 2 is 2.08 bits per heavy atom. The molecule has 0 N–H and O–H groups in total. The molecule has 4 heteroatoms. The second kappa shape index (κ2) is 5.36. The average Bonchev–Trinajstić information content (AvgIpc) is 2.09. The van der Waals surface area contributed by atoms with Gasteiger partial charge < -0.3 is 4.74 Å². The molecule has 0 saturated heterocycles. The van der Waals surface area contributed by atoms with Crippen LogP contribution in [-0.4, -0.2) is 16.1 Å². The third-order valence-electron chi connectivity index (χ3n) is 1.60. The lowest BCUT2D eigenvalue weighted by atomic mass is 10.2. The van der Waals surface area contributed by atoms with E-state index in [0.29, 0.717) is 6.01 Å². The van der Waals surface area contributed by atoms with Crippen molar-refractivity contribution in [2.45, 2.75) is 32.8 Å². The van der Waals surface area contributed by atoms with Crippen molar-refractivity contribution in [1.82, 2.24) is 9.97 Å². The van der Waals surface area contributed by atoms with Crippen molar-refractivity contribution in [3.63, 3.8) is 0 Å². The molecule has 72 valence electrons. The van der Waals surface area contributed by atoms with Crippen LogP contribution in [0.3, 0.4) is 0 Å². The highest BCUT2D eigenvalue weighted by Gasteiger charge is 2.03. The number of aromatic nitrogens is 2. The number of nitrogens with zero attached hydrogens (tertiary/aromatic N) is 2. The van der Waals surface area contributed by atoms with E-state index >= 15 is 0 Å². The van der Waals surface area contributed by atoms with Crippen molar-refractivity contribution in [2.24, 2.45) is 0 Å². The molecule has 1 aromatic heterocycles. The molecule has 0 aliphatic carbocycles. The van der Waals surface area contributed by atoms with Crippen LogP contribution in [0.2, 0.25) is 0 Å². The SMILES string of the molecule is CCCC(C)Oc1ncc(I)cn1. The summed E-state index contributed by atoms with van der Waals surface area (Å²) >= 11 is 2.17. The smallest absolute Gasteiger partial charge is 0.316 e. The minimum atomic E-state index is 0.199. The number of halogens is 1. The molecule has 0 saturated carbocycles. The van der Waals surface area contributed by atoms with E-state index in [4.69, 9.17) is 4.74 Å². The van der Waals surface area contributed by atoms with Crippen molar-refractivity contribution in [3.8, 4) is 6.01 Å². The van der Waals surface area contributed by atoms with Gasteiger partial charge in [0.15, 0.2) is 0 Å². The molecule has 1 atom stereocenters. The molecule has 1 rings (SSSR count). The standard InChI is InChI=1S/C9H13IN2O/c1-3-4-7(2)13-9-11-5-8(10)6-12-9/h5-7H,3-4H2,1-2H3. The average molecular weight is 292 g/mol. The van der Waals surface area contributed by atoms with Crippen molar-refractivity contribution in [2.75, 3.05) is 0 Å². The van der Waals surface area contributed by atoms with Crippen LogP contribution in [0.1, 0.15) is 26.7 Å². The summed E-state index contributed by atoms with van der Waals surface area (Å²) in [7, 11) is 0. The summed E-state index contributed by atoms with van der Waals surface area (Å²) in [5.74, 6) is 0. The van der Waals surface area contributed by atoms with Crippen LogP contribution < -0.4 is 4.74 Å². The van der Waals surface area contributed by atoms with Gasteiger partial charge in [-0.3, -0.25) is 0 Å². The summed E-state index contributed by atoms with van der Waals surface area (Å²) in [6, 6.07) is 0.473. The fourth-order valence-corrected chi connectivity index (χ4v) is 1.29. The summed E-state index contributed by atoms with van der Waals surface area (Å²) < 4.78 is 6.51. The summed E-state index contributed by atoms with van der Waals surface area (Å²) in [5.41, 5.74) is 0. The molecule has 0 amide bonds. The van der Waals surface area contributed by atoms with Crippen LogP contribution in [0.4, 0.5) is 0 Å². The van der Waals surface area contributed by atoms with Crippen LogP contribution in [0.25, 0.3) is 0 Å². The van der Waals surface area contributed by atoms with Gasteiger partial charge in [0, 0.05) is 16.0 Å². The molecule has 0 spiro atoms. The van der Waals surface area contributed by atoms with Gasteiger partial charge in [0.05, 0.1) is 6.10 Å². The van der Waals surface area contributed by atoms with E-state index < -0.39 is 0 Å². The van der Waals surface area contributed by atoms with E-state index in [9.17, 15) is 0 Å². The predicted molar refractivity (Wildman–Crippen MR) is 59.7 cm³/mol. The quantitative estimate of drug-likeness (QED) is 0.800. The van der Waals surface area contributed by atoms with Crippen LogP contribution in [0.15, 0.2) is 12.4 Å². The fraction of sp³-hybridized carbons (Fsp3) is 0.556. The maximum absolute atomic E-state index is 5.48. The second-order valence-corrected chi connectivity index (χ2v) is 4.15. The van der Waals surface area contributed by atoms with Crippen molar-refractivity contribution in [3.05, 3.63) is 16.0 Å². The maximum atomic E-state index is 5.48. The van der Waals surface area contributed by atoms with E-state index in [2.05, 4.69) is 39.5 Å². The highest BCUT2D eigenvalue weighted by molar-refractivity contribution is 14.1. The first kappa shape index (κ1) is 10.7. The van der Waals surface area contributed by atoms with Gasteiger partial charge in [0.1, 0.15) is 0 Å². The van der Waals surface area contributed by atoms with Gasteiger partial charge in [-0.25, -0.2) is 9.97 Å². The first-order valence-electron chi connectivity index (χ1n) is 4.36. The van der Waals surface area contributed by atoms with Gasteiger partial charge in [-0.15, -0.1) is 0 Å². The lowest BCUT2D eigenvalue weighted by Gasteiger charge is -2.10. The number of rotatable bonds is 4. The molecule has 13 heavy (non-hydrogen) atoms. The Morgan fingerprint density at radius 3 is 2.62 bits per heavy atom. The molecule has 0 radical (unpaired) electrons. The Hall–Kier alpha value is -0.390. The van der Waals surface area contributed by atoms with E-state index in [1.165, 1.54) is 0 Å². The molecule has 0 aliphatic heterocycles. The van der Waals surface area contributed by atoms with E-state index in [1.54, 1.807) is 12.4 Å². The van der Waals surface area contributed by atoms with E-state index in [1.807, 2.05) is 6.92 Å². The molecule has 0 aliphatic rings. The zero-order chi connectivity index (χ0) is 9.68. The van der Waals surface area contributed by atoms with Gasteiger partial charge in [0.25, 0.3) is 0 Å².